The van der Waals surface area contributed by atoms with Crippen molar-refractivity contribution in [3.05, 3.63) is 0 Å². The lowest BCUT2D eigenvalue weighted by Crippen LogP contribution is -2.59. The predicted octanol–water partition coefficient (Wildman–Crippen LogP) is 1.86. The summed E-state index contributed by atoms with van der Waals surface area (Å²) >= 11 is 0. The number of nitrogens with zero attached hydrogens (tertiary/aromatic N) is 1. The van der Waals surface area contributed by atoms with Crippen LogP contribution in [0.1, 0.15) is 40.0 Å². The molecule has 0 spiro atoms. The van der Waals surface area contributed by atoms with Crippen LogP contribution in [0.4, 0.5) is 0 Å². The minimum absolute atomic E-state index is 0.320. The molecule has 1 saturated carbocycles. The number of piperazine rings is 1. The normalized spacial score (nSPS) is 38.8. The number of hydrogen-bond donors (Lipinski definition) is 1. The topological polar surface area (TPSA) is 15.3 Å². The summed E-state index contributed by atoms with van der Waals surface area (Å²) in [6, 6.07) is 0.872. The number of hydrogen-bond acceptors (Lipinski definition) is 2. The van der Waals surface area contributed by atoms with Crippen molar-refractivity contribution in [2.24, 2.45) is 5.92 Å². The van der Waals surface area contributed by atoms with E-state index in [-0.39, 0.29) is 0 Å². The molecule has 1 aliphatic carbocycles. The van der Waals surface area contributed by atoms with Gasteiger partial charge in [0.05, 0.1) is 0 Å². The molecule has 2 unspecified atom stereocenters. The molecular formula is C12H24N2. The summed E-state index contributed by atoms with van der Waals surface area (Å²) in [5.74, 6) is 0.920. The van der Waals surface area contributed by atoms with Gasteiger partial charge in [-0.15, -0.1) is 0 Å². The fraction of sp³-hybridized carbons (Fsp3) is 1.00. The van der Waals surface area contributed by atoms with Gasteiger partial charge in [0.2, 0.25) is 0 Å². The van der Waals surface area contributed by atoms with Crippen molar-refractivity contribution >= 4 is 0 Å². The van der Waals surface area contributed by atoms with Gasteiger partial charge in [-0.3, -0.25) is 4.90 Å². The second-order valence-electron chi connectivity index (χ2n) is 5.76. The van der Waals surface area contributed by atoms with Gasteiger partial charge in [0, 0.05) is 31.2 Å². The van der Waals surface area contributed by atoms with E-state index in [9.17, 15) is 0 Å². The summed E-state index contributed by atoms with van der Waals surface area (Å²) in [5, 5.41) is 3.58. The molecule has 2 aliphatic rings. The number of rotatable bonds is 1. The van der Waals surface area contributed by atoms with E-state index in [0.717, 1.165) is 18.5 Å². The van der Waals surface area contributed by atoms with E-state index in [4.69, 9.17) is 0 Å². The second kappa shape index (κ2) is 3.82. The quantitative estimate of drug-likeness (QED) is 0.688. The van der Waals surface area contributed by atoms with Crippen LogP contribution in [0.2, 0.25) is 0 Å². The molecule has 14 heavy (non-hydrogen) atoms. The minimum Gasteiger partial charge on any atom is -0.309 e. The third-order valence-electron chi connectivity index (χ3n) is 3.89. The van der Waals surface area contributed by atoms with Gasteiger partial charge in [0.25, 0.3) is 0 Å². The average molecular weight is 196 g/mol. The lowest BCUT2D eigenvalue weighted by molar-refractivity contribution is 0.0925. The first kappa shape index (κ1) is 10.4. The maximum absolute atomic E-state index is 3.58. The highest BCUT2D eigenvalue weighted by Gasteiger charge is 2.34. The van der Waals surface area contributed by atoms with Crippen LogP contribution in [-0.2, 0) is 0 Å². The molecule has 2 atom stereocenters. The molecular weight excluding hydrogens is 172 g/mol. The van der Waals surface area contributed by atoms with Crippen molar-refractivity contribution in [2.45, 2.75) is 51.6 Å². The Balaban J connectivity index is 1.97. The lowest BCUT2D eigenvalue weighted by Gasteiger charge is -2.43. The third-order valence-corrected chi connectivity index (χ3v) is 3.89. The highest BCUT2D eigenvalue weighted by molar-refractivity contribution is 4.92. The zero-order chi connectivity index (χ0) is 10.2. The molecule has 0 amide bonds. The zero-order valence-corrected chi connectivity index (χ0v) is 9.84. The van der Waals surface area contributed by atoms with Gasteiger partial charge in [0.1, 0.15) is 0 Å². The third kappa shape index (κ3) is 2.12. The molecule has 0 radical (unpaired) electrons. The van der Waals surface area contributed by atoms with Crippen LogP contribution in [0.15, 0.2) is 0 Å². The van der Waals surface area contributed by atoms with Gasteiger partial charge in [0.15, 0.2) is 0 Å². The van der Waals surface area contributed by atoms with Crippen molar-refractivity contribution < 1.29 is 0 Å². The van der Waals surface area contributed by atoms with Crippen LogP contribution in [0.3, 0.4) is 0 Å². The monoisotopic (exact) mass is 196 g/mol. The van der Waals surface area contributed by atoms with Crippen LogP contribution >= 0.6 is 0 Å². The molecule has 2 fully saturated rings. The van der Waals surface area contributed by atoms with Gasteiger partial charge in [-0.2, -0.15) is 0 Å². The van der Waals surface area contributed by atoms with Crippen molar-refractivity contribution in [3.63, 3.8) is 0 Å². The average Bonchev–Trinajstić information content (AvgIpc) is 2.49. The molecule has 0 aromatic heterocycles. The molecule has 2 heteroatoms. The summed E-state index contributed by atoms with van der Waals surface area (Å²) in [7, 11) is 0. The molecule has 82 valence electrons. The highest BCUT2D eigenvalue weighted by atomic mass is 15.2. The molecule has 0 bridgehead atoms. The highest BCUT2D eigenvalue weighted by Crippen LogP contribution is 2.30. The zero-order valence-electron chi connectivity index (χ0n) is 9.84. The van der Waals surface area contributed by atoms with Crippen LogP contribution < -0.4 is 5.32 Å². The van der Waals surface area contributed by atoms with E-state index in [2.05, 4.69) is 31.0 Å². The van der Waals surface area contributed by atoms with Gasteiger partial charge >= 0.3 is 0 Å². The first-order valence-electron chi connectivity index (χ1n) is 6.07. The summed E-state index contributed by atoms with van der Waals surface area (Å²) in [4.78, 5) is 2.72. The molecule has 0 aromatic carbocycles. The Morgan fingerprint density at radius 3 is 2.64 bits per heavy atom. The first-order valence-corrected chi connectivity index (χ1v) is 6.07. The van der Waals surface area contributed by atoms with Crippen molar-refractivity contribution in [3.8, 4) is 0 Å². The molecule has 0 aromatic rings. The lowest BCUT2D eigenvalue weighted by atomic mass is 9.97. The van der Waals surface area contributed by atoms with Crippen LogP contribution in [0.5, 0.6) is 0 Å². The predicted molar refractivity (Wildman–Crippen MR) is 60.5 cm³/mol. The maximum atomic E-state index is 3.58. The molecule has 1 aliphatic heterocycles. The Labute approximate surface area is 88.1 Å². The van der Waals surface area contributed by atoms with Crippen molar-refractivity contribution in [1.29, 1.82) is 0 Å². The van der Waals surface area contributed by atoms with E-state index in [1.165, 1.54) is 32.4 Å². The Bertz CT molecular complexity index is 200. The Morgan fingerprint density at radius 1 is 1.29 bits per heavy atom. The van der Waals surface area contributed by atoms with Crippen LogP contribution in [0, 0.1) is 5.92 Å². The van der Waals surface area contributed by atoms with Crippen LogP contribution in [-0.4, -0.2) is 36.1 Å². The van der Waals surface area contributed by atoms with Gasteiger partial charge in [-0.1, -0.05) is 13.3 Å². The maximum Gasteiger partial charge on any atom is 0.0252 e. The minimum atomic E-state index is 0.320. The standard InChI is InChI=1S/C12H24N2/c1-10-5-4-6-11(10)14-8-7-13-12(2,3)9-14/h10-11,13H,4-9H2,1-3H3. The van der Waals surface area contributed by atoms with Gasteiger partial charge < -0.3 is 5.32 Å². The van der Waals surface area contributed by atoms with Gasteiger partial charge in [-0.25, -0.2) is 0 Å². The van der Waals surface area contributed by atoms with E-state index in [0.29, 0.717) is 5.54 Å². The van der Waals surface area contributed by atoms with Crippen molar-refractivity contribution in [2.75, 3.05) is 19.6 Å². The number of nitrogens with one attached hydrogen (secondary N) is 1. The SMILES string of the molecule is CC1CCCC1N1CCNC(C)(C)C1. The Morgan fingerprint density at radius 2 is 2.07 bits per heavy atom. The summed E-state index contributed by atoms with van der Waals surface area (Å²) in [6.45, 7) is 10.7. The molecule has 1 N–H and O–H groups in total. The van der Waals surface area contributed by atoms with E-state index >= 15 is 0 Å². The summed E-state index contributed by atoms with van der Waals surface area (Å²) in [5.41, 5.74) is 0.320. The molecule has 1 saturated heterocycles. The second-order valence-corrected chi connectivity index (χ2v) is 5.76. The molecule has 2 nitrogen and oxygen atoms in total. The van der Waals surface area contributed by atoms with E-state index in [1.807, 2.05) is 0 Å². The summed E-state index contributed by atoms with van der Waals surface area (Å²) < 4.78 is 0. The van der Waals surface area contributed by atoms with E-state index in [1.54, 1.807) is 0 Å². The Hall–Kier alpha value is -0.0800. The fourth-order valence-electron chi connectivity index (χ4n) is 3.13. The van der Waals surface area contributed by atoms with Crippen LogP contribution in [0.25, 0.3) is 0 Å². The van der Waals surface area contributed by atoms with Crippen molar-refractivity contribution in [1.82, 2.24) is 10.2 Å². The smallest absolute Gasteiger partial charge is 0.0252 e. The largest absolute Gasteiger partial charge is 0.309 e. The van der Waals surface area contributed by atoms with Gasteiger partial charge in [-0.05, 0) is 32.6 Å². The van der Waals surface area contributed by atoms with E-state index < -0.39 is 0 Å². The first-order chi connectivity index (χ1) is 6.58. The Kier molecular flexibility index (Phi) is 2.85. The molecule has 2 rings (SSSR count). The molecule has 1 heterocycles. The summed E-state index contributed by atoms with van der Waals surface area (Å²) in [6.07, 6.45) is 4.31. The fourth-order valence-corrected chi connectivity index (χ4v) is 3.13.